The quantitative estimate of drug-likeness (QED) is 0.401. The van der Waals surface area contributed by atoms with Crippen molar-refractivity contribution >= 4 is 66.9 Å². The summed E-state index contributed by atoms with van der Waals surface area (Å²) in [6, 6.07) is 13.9. The SMILES string of the molecule is CSCCn1c(=NC(=O)c2cccc(SC(C)C)c2)sc2cc(Br)ccc21. The van der Waals surface area contributed by atoms with Crippen LogP contribution in [0.4, 0.5) is 0 Å². The average molecular weight is 482 g/mol. The van der Waals surface area contributed by atoms with E-state index < -0.39 is 0 Å². The maximum atomic E-state index is 12.8. The van der Waals surface area contributed by atoms with E-state index in [-0.39, 0.29) is 5.91 Å². The Bertz CT molecular complexity index is 1020. The van der Waals surface area contributed by atoms with Crippen molar-refractivity contribution in [3.63, 3.8) is 0 Å². The van der Waals surface area contributed by atoms with Gasteiger partial charge < -0.3 is 4.57 Å². The smallest absolute Gasteiger partial charge is 0.279 e. The normalized spacial score (nSPS) is 12.3. The molecule has 0 fully saturated rings. The van der Waals surface area contributed by atoms with Gasteiger partial charge >= 0.3 is 0 Å². The van der Waals surface area contributed by atoms with E-state index in [1.54, 1.807) is 34.9 Å². The summed E-state index contributed by atoms with van der Waals surface area (Å²) in [5.41, 5.74) is 1.75. The minimum Gasteiger partial charge on any atom is -0.316 e. The summed E-state index contributed by atoms with van der Waals surface area (Å²) < 4.78 is 4.30. The Morgan fingerprint density at radius 3 is 2.81 bits per heavy atom. The number of amides is 1. The molecule has 0 spiro atoms. The zero-order valence-corrected chi connectivity index (χ0v) is 19.5. The van der Waals surface area contributed by atoms with Crippen LogP contribution in [0.25, 0.3) is 10.2 Å². The highest BCUT2D eigenvalue weighted by Crippen LogP contribution is 2.24. The first-order valence-corrected chi connectivity index (χ1v) is 12.5. The van der Waals surface area contributed by atoms with Crippen LogP contribution in [0.5, 0.6) is 0 Å². The lowest BCUT2D eigenvalue weighted by Gasteiger charge is -2.06. The van der Waals surface area contributed by atoms with Crippen LogP contribution in [-0.4, -0.2) is 27.7 Å². The summed E-state index contributed by atoms with van der Waals surface area (Å²) in [5.74, 6) is 0.786. The van der Waals surface area contributed by atoms with Gasteiger partial charge in [-0.15, -0.1) is 11.8 Å². The Hall–Kier alpha value is -1.02. The maximum Gasteiger partial charge on any atom is 0.279 e. The molecule has 0 atom stereocenters. The molecular formula is C20H21BrN2OS3. The summed E-state index contributed by atoms with van der Waals surface area (Å²) in [5, 5.41) is 0.474. The van der Waals surface area contributed by atoms with E-state index in [0.29, 0.717) is 10.8 Å². The number of carbonyl (C=O) groups excluding carboxylic acids is 1. The molecule has 0 N–H and O–H groups in total. The topological polar surface area (TPSA) is 34.4 Å². The molecule has 3 rings (SSSR count). The Balaban J connectivity index is 2.02. The second-order valence-corrected chi connectivity index (χ2v) is 10.8. The minimum atomic E-state index is -0.190. The van der Waals surface area contributed by atoms with Crippen LogP contribution in [0.3, 0.4) is 0 Å². The van der Waals surface area contributed by atoms with Crippen molar-refractivity contribution in [2.75, 3.05) is 12.0 Å². The number of hydrogen-bond donors (Lipinski definition) is 0. The van der Waals surface area contributed by atoms with Crippen molar-refractivity contribution in [2.45, 2.75) is 30.5 Å². The van der Waals surface area contributed by atoms with E-state index in [4.69, 9.17) is 0 Å². The number of rotatable bonds is 6. The van der Waals surface area contributed by atoms with Crippen molar-refractivity contribution in [3.8, 4) is 0 Å². The number of fused-ring (bicyclic) bond motifs is 1. The molecule has 0 saturated carbocycles. The fraction of sp³-hybridized carbons (Fsp3) is 0.300. The molecule has 0 unspecified atom stereocenters. The summed E-state index contributed by atoms with van der Waals surface area (Å²) in [6.07, 6.45) is 2.09. The number of thioether (sulfide) groups is 2. The molecule has 2 aromatic carbocycles. The first kappa shape index (κ1) is 20.7. The molecule has 7 heteroatoms. The molecule has 0 bridgehead atoms. The summed E-state index contributed by atoms with van der Waals surface area (Å²) >= 11 is 8.62. The van der Waals surface area contributed by atoms with Gasteiger partial charge in [0.15, 0.2) is 4.80 Å². The van der Waals surface area contributed by atoms with Gasteiger partial charge in [-0.2, -0.15) is 16.8 Å². The maximum absolute atomic E-state index is 12.8. The number of thiazole rings is 1. The molecule has 3 aromatic rings. The number of hydrogen-bond acceptors (Lipinski definition) is 4. The van der Waals surface area contributed by atoms with E-state index in [1.165, 1.54) is 0 Å². The highest BCUT2D eigenvalue weighted by molar-refractivity contribution is 9.10. The first-order chi connectivity index (χ1) is 13.0. The van der Waals surface area contributed by atoms with Crippen molar-refractivity contribution in [2.24, 2.45) is 4.99 Å². The second kappa shape index (κ2) is 9.45. The standard InChI is InChI=1S/C20H21BrN2OS3/c1-13(2)26-16-6-4-5-14(11-16)19(24)22-20-23(9-10-25-3)17-8-7-15(21)12-18(17)27-20/h4-8,11-13H,9-10H2,1-3H3. The fourth-order valence-electron chi connectivity index (χ4n) is 2.66. The van der Waals surface area contributed by atoms with Crippen LogP contribution in [0, 0.1) is 0 Å². The Morgan fingerprint density at radius 1 is 1.26 bits per heavy atom. The summed E-state index contributed by atoms with van der Waals surface area (Å²) in [7, 11) is 0. The molecule has 0 aliphatic carbocycles. The van der Waals surface area contributed by atoms with Gasteiger partial charge in [-0.25, -0.2) is 0 Å². The van der Waals surface area contributed by atoms with Gasteiger partial charge in [0.2, 0.25) is 0 Å². The third-order valence-electron chi connectivity index (χ3n) is 3.81. The highest BCUT2D eigenvalue weighted by atomic mass is 79.9. The van der Waals surface area contributed by atoms with Crippen LogP contribution < -0.4 is 4.80 Å². The molecule has 0 radical (unpaired) electrons. The zero-order chi connectivity index (χ0) is 19.4. The zero-order valence-electron chi connectivity index (χ0n) is 15.4. The fourth-order valence-corrected chi connectivity index (χ4v) is 5.53. The number of benzene rings is 2. The first-order valence-electron chi connectivity index (χ1n) is 8.61. The monoisotopic (exact) mass is 480 g/mol. The second-order valence-electron chi connectivity index (χ2n) is 6.25. The van der Waals surface area contributed by atoms with Crippen molar-refractivity contribution in [3.05, 3.63) is 57.3 Å². The van der Waals surface area contributed by atoms with Gasteiger partial charge in [-0.3, -0.25) is 4.79 Å². The minimum absolute atomic E-state index is 0.190. The lowest BCUT2D eigenvalue weighted by atomic mass is 10.2. The lowest BCUT2D eigenvalue weighted by Crippen LogP contribution is -2.18. The molecular weight excluding hydrogens is 460 g/mol. The van der Waals surface area contributed by atoms with Gasteiger partial charge in [0.05, 0.1) is 10.2 Å². The molecule has 1 amide bonds. The molecule has 1 heterocycles. The average Bonchev–Trinajstić information content (AvgIpc) is 2.95. The van der Waals surface area contributed by atoms with E-state index >= 15 is 0 Å². The Kier molecular flexibility index (Phi) is 7.25. The molecule has 0 aliphatic heterocycles. The van der Waals surface area contributed by atoms with Gasteiger partial charge in [0, 0.05) is 32.5 Å². The van der Waals surface area contributed by atoms with E-state index in [2.05, 4.69) is 57.7 Å². The van der Waals surface area contributed by atoms with Crippen LogP contribution in [-0.2, 0) is 6.54 Å². The van der Waals surface area contributed by atoms with Crippen molar-refractivity contribution in [1.82, 2.24) is 4.57 Å². The van der Waals surface area contributed by atoms with E-state index in [0.717, 1.165) is 36.7 Å². The lowest BCUT2D eigenvalue weighted by molar-refractivity contribution is 0.0997. The molecule has 0 aliphatic rings. The molecule has 1 aromatic heterocycles. The van der Waals surface area contributed by atoms with Crippen molar-refractivity contribution < 1.29 is 4.79 Å². The summed E-state index contributed by atoms with van der Waals surface area (Å²) in [6.45, 7) is 5.12. The van der Waals surface area contributed by atoms with Crippen LogP contribution in [0.1, 0.15) is 24.2 Å². The third-order valence-corrected chi connectivity index (χ3v) is 6.94. The number of halogens is 1. The Labute approximate surface area is 180 Å². The summed E-state index contributed by atoms with van der Waals surface area (Å²) in [4.78, 5) is 19.2. The molecule has 0 saturated heterocycles. The third kappa shape index (κ3) is 5.28. The van der Waals surface area contributed by atoms with Crippen LogP contribution >= 0.6 is 50.8 Å². The molecule has 3 nitrogen and oxygen atoms in total. The van der Waals surface area contributed by atoms with Crippen LogP contribution in [0.15, 0.2) is 56.8 Å². The molecule has 27 heavy (non-hydrogen) atoms. The van der Waals surface area contributed by atoms with Crippen molar-refractivity contribution in [1.29, 1.82) is 0 Å². The number of carbonyl (C=O) groups is 1. The largest absolute Gasteiger partial charge is 0.316 e. The predicted molar refractivity (Wildman–Crippen MR) is 123 cm³/mol. The number of aromatic nitrogens is 1. The van der Waals surface area contributed by atoms with E-state index in [1.807, 2.05) is 30.3 Å². The van der Waals surface area contributed by atoms with Gasteiger partial charge in [-0.05, 0) is 42.7 Å². The van der Waals surface area contributed by atoms with Gasteiger partial charge in [-0.1, -0.05) is 47.2 Å². The van der Waals surface area contributed by atoms with Crippen LogP contribution in [0.2, 0.25) is 0 Å². The molecule has 142 valence electrons. The number of aryl methyl sites for hydroxylation is 1. The predicted octanol–water partition coefficient (Wildman–Crippen LogP) is 6.07. The Morgan fingerprint density at radius 2 is 2.07 bits per heavy atom. The van der Waals surface area contributed by atoms with Gasteiger partial charge in [0.25, 0.3) is 5.91 Å². The number of nitrogens with zero attached hydrogens (tertiary/aromatic N) is 2. The van der Waals surface area contributed by atoms with Gasteiger partial charge in [0.1, 0.15) is 0 Å². The van der Waals surface area contributed by atoms with E-state index in [9.17, 15) is 4.79 Å². The highest BCUT2D eigenvalue weighted by Gasteiger charge is 2.10.